The SMILES string of the molecule is CCNC(=NCC1CC1)NCCC1CCCN(C(=O)OC(C)(C)C)C1.I. The largest absolute Gasteiger partial charge is 0.444 e. The molecule has 7 heteroatoms. The van der Waals surface area contributed by atoms with E-state index in [1.54, 1.807) is 0 Å². The molecule has 1 amide bonds. The predicted octanol–water partition coefficient (Wildman–Crippen LogP) is 3.61. The fourth-order valence-corrected chi connectivity index (χ4v) is 3.05. The minimum atomic E-state index is -0.426. The highest BCUT2D eigenvalue weighted by Crippen LogP contribution is 2.28. The van der Waals surface area contributed by atoms with Crippen LogP contribution in [-0.2, 0) is 4.74 Å². The van der Waals surface area contributed by atoms with Crippen molar-refractivity contribution in [3.05, 3.63) is 0 Å². The van der Waals surface area contributed by atoms with E-state index in [2.05, 4.69) is 22.5 Å². The molecule has 2 rings (SSSR count). The maximum atomic E-state index is 12.2. The van der Waals surface area contributed by atoms with Gasteiger partial charge >= 0.3 is 6.09 Å². The van der Waals surface area contributed by atoms with Crippen LogP contribution in [0, 0.1) is 11.8 Å². The molecule has 2 N–H and O–H groups in total. The number of halogens is 1. The van der Waals surface area contributed by atoms with Gasteiger partial charge in [-0.3, -0.25) is 4.99 Å². The standard InChI is InChI=1S/C19H36N4O2.HI/c1-5-20-17(22-13-15-8-9-15)21-11-10-16-7-6-12-23(14-16)18(24)25-19(2,3)4;/h15-16H,5-14H2,1-4H3,(H2,20,21,22);1H. The maximum Gasteiger partial charge on any atom is 0.410 e. The van der Waals surface area contributed by atoms with E-state index in [4.69, 9.17) is 4.74 Å². The fourth-order valence-electron chi connectivity index (χ4n) is 3.05. The lowest BCUT2D eigenvalue weighted by atomic mass is 9.95. The van der Waals surface area contributed by atoms with Gasteiger partial charge in [-0.2, -0.15) is 0 Å². The number of rotatable bonds is 6. The van der Waals surface area contributed by atoms with Crippen LogP contribution in [0.2, 0.25) is 0 Å². The molecule has 6 nitrogen and oxygen atoms in total. The Kier molecular flexibility index (Phi) is 10.0. The molecule has 1 saturated carbocycles. The van der Waals surface area contributed by atoms with Gasteiger partial charge in [0.15, 0.2) is 5.96 Å². The number of piperidine rings is 1. The number of nitrogens with zero attached hydrogens (tertiary/aromatic N) is 2. The van der Waals surface area contributed by atoms with Crippen molar-refractivity contribution in [2.75, 3.05) is 32.7 Å². The van der Waals surface area contributed by atoms with Gasteiger partial charge in [0, 0.05) is 32.7 Å². The van der Waals surface area contributed by atoms with Gasteiger partial charge in [0.2, 0.25) is 0 Å². The Morgan fingerprint density at radius 3 is 2.54 bits per heavy atom. The van der Waals surface area contributed by atoms with Crippen molar-refractivity contribution in [3.8, 4) is 0 Å². The van der Waals surface area contributed by atoms with Crippen LogP contribution in [-0.4, -0.2) is 55.3 Å². The quantitative estimate of drug-likeness (QED) is 0.347. The van der Waals surface area contributed by atoms with Crippen LogP contribution in [0.5, 0.6) is 0 Å². The topological polar surface area (TPSA) is 66.0 Å². The van der Waals surface area contributed by atoms with Gasteiger partial charge < -0.3 is 20.3 Å². The van der Waals surface area contributed by atoms with E-state index in [1.165, 1.54) is 19.3 Å². The van der Waals surface area contributed by atoms with Crippen LogP contribution in [0.15, 0.2) is 4.99 Å². The highest BCUT2D eigenvalue weighted by Gasteiger charge is 2.27. The van der Waals surface area contributed by atoms with Crippen LogP contribution in [0.25, 0.3) is 0 Å². The van der Waals surface area contributed by atoms with Crippen molar-refractivity contribution in [3.63, 3.8) is 0 Å². The first-order valence-electron chi connectivity index (χ1n) is 9.87. The number of nitrogens with one attached hydrogen (secondary N) is 2. The lowest BCUT2D eigenvalue weighted by Gasteiger charge is -2.34. The van der Waals surface area contributed by atoms with Crippen molar-refractivity contribution < 1.29 is 9.53 Å². The van der Waals surface area contributed by atoms with E-state index in [0.717, 1.165) is 57.4 Å². The summed E-state index contributed by atoms with van der Waals surface area (Å²) < 4.78 is 5.50. The molecule has 26 heavy (non-hydrogen) atoms. The zero-order chi connectivity index (χ0) is 18.3. The Labute approximate surface area is 175 Å². The van der Waals surface area contributed by atoms with Gasteiger partial charge in [-0.1, -0.05) is 0 Å². The summed E-state index contributed by atoms with van der Waals surface area (Å²) in [7, 11) is 0. The first-order valence-corrected chi connectivity index (χ1v) is 9.87. The number of guanidine groups is 1. The normalized spacial score (nSPS) is 21.0. The molecule has 0 spiro atoms. The molecule has 1 aliphatic heterocycles. The number of hydrogen-bond acceptors (Lipinski definition) is 3. The van der Waals surface area contributed by atoms with Gasteiger partial charge in [0.05, 0.1) is 0 Å². The van der Waals surface area contributed by atoms with Crippen molar-refractivity contribution in [2.45, 2.75) is 65.4 Å². The summed E-state index contributed by atoms with van der Waals surface area (Å²) in [4.78, 5) is 18.8. The molecule has 1 aliphatic carbocycles. The highest BCUT2D eigenvalue weighted by molar-refractivity contribution is 14.0. The molecule has 0 aromatic rings. The van der Waals surface area contributed by atoms with Crippen molar-refractivity contribution in [2.24, 2.45) is 16.8 Å². The lowest BCUT2D eigenvalue weighted by Crippen LogP contribution is -2.44. The molecule has 1 heterocycles. The Morgan fingerprint density at radius 1 is 1.19 bits per heavy atom. The number of carbonyl (C=O) groups is 1. The van der Waals surface area contributed by atoms with E-state index < -0.39 is 5.60 Å². The van der Waals surface area contributed by atoms with E-state index in [0.29, 0.717) is 5.92 Å². The smallest absolute Gasteiger partial charge is 0.410 e. The monoisotopic (exact) mass is 480 g/mol. The number of aliphatic imine (C=N–C) groups is 1. The molecule has 2 fully saturated rings. The molecule has 0 bridgehead atoms. The van der Waals surface area contributed by atoms with E-state index in [1.807, 2.05) is 25.7 Å². The second-order valence-corrected chi connectivity index (χ2v) is 8.31. The summed E-state index contributed by atoms with van der Waals surface area (Å²) in [6, 6.07) is 0. The van der Waals surface area contributed by atoms with E-state index in [9.17, 15) is 4.79 Å². The molecule has 2 aliphatic rings. The van der Waals surface area contributed by atoms with Gasteiger partial charge in [-0.15, -0.1) is 24.0 Å². The Morgan fingerprint density at radius 2 is 1.92 bits per heavy atom. The summed E-state index contributed by atoms with van der Waals surface area (Å²) in [5.74, 6) is 2.26. The molecule has 152 valence electrons. The summed E-state index contributed by atoms with van der Waals surface area (Å²) in [6.07, 6.45) is 5.75. The van der Waals surface area contributed by atoms with Crippen molar-refractivity contribution in [1.29, 1.82) is 0 Å². The van der Waals surface area contributed by atoms with Gasteiger partial charge in [-0.25, -0.2) is 4.79 Å². The second kappa shape index (κ2) is 11.2. The highest BCUT2D eigenvalue weighted by atomic mass is 127. The molecule has 0 aromatic carbocycles. The van der Waals surface area contributed by atoms with Crippen LogP contribution in [0.1, 0.15) is 59.8 Å². The summed E-state index contributed by atoms with van der Waals surface area (Å²) >= 11 is 0. The van der Waals surface area contributed by atoms with Crippen LogP contribution < -0.4 is 10.6 Å². The summed E-state index contributed by atoms with van der Waals surface area (Å²) in [6.45, 7) is 12.2. The number of amides is 1. The second-order valence-electron chi connectivity index (χ2n) is 8.31. The van der Waals surface area contributed by atoms with Gasteiger partial charge in [0.1, 0.15) is 5.60 Å². The van der Waals surface area contributed by atoms with Crippen LogP contribution in [0.4, 0.5) is 4.79 Å². The maximum absolute atomic E-state index is 12.2. The Balaban J connectivity index is 0.00000338. The third kappa shape index (κ3) is 9.28. The molecule has 0 aromatic heterocycles. The molecular weight excluding hydrogens is 443 g/mol. The average molecular weight is 480 g/mol. The van der Waals surface area contributed by atoms with Gasteiger partial charge in [0.25, 0.3) is 0 Å². The Hall–Kier alpha value is -0.730. The van der Waals surface area contributed by atoms with E-state index >= 15 is 0 Å². The zero-order valence-corrected chi connectivity index (χ0v) is 19.2. The van der Waals surface area contributed by atoms with Gasteiger partial charge in [-0.05, 0) is 71.6 Å². The molecular formula is C19H37IN4O2. The van der Waals surface area contributed by atoms with Crippen LogP contribution >= 0.6 is 24.0 Å². The third-order valence-corrected chi connectivity index (χ3v) is 4.56. The van der Waals surface area contributed by atoms with Crippen LogP contribution in [0.3, 0.4) is 0 Å². The Bertz CT molecular complexity index is 461. The molecule has 1 unspecified atom stereocenters. The summed E-state index contributed by atoms with van der Waals surface area (Å²) in [5.41, 5.74) is -0.426. The van der Waals surface area contributed by atoms with E-state index in [-0.39, 0.29) is 30.1 Å². The predicted molar refractivity (Wildman–Crippen MR) is 117 cm³/mol. The van der Waals surface area contributed by atoms with Crippen molar-refractivity contribution >= 4 is 36.0 Å². The molecule has 0 radical (unpaired) electrons. The first kappa shape index (κ1) is 23.3. The average Bonchev–Trinajstić information content (AvgIpc) is 3.35. The minimum absolute atomic E-state index is 0. The molecule has 1 atom stereocenters. The zero-order valence-electron chi connectivity index (χ0n) is 16.8. The minimum Gasteiger partial charge on any atom is -0.444 e. The number of carbonyl (C=O) groups excluding carboxylic acids is 1. The third-order valence-electron chi connectivity index (χ3n) is 4.56. The first-order chi connectivity index (χ1) is 11.9. The number of ether oxygens (including phenoxy) is 1. The number of hydrogen-bond donors (Lipinski definition) is 2. The fraction of sp³-hybridized carbons (Fsp3) is 0.895. The number of likely N-dealkylation sites (tertiary alicyclic amines) is 1. The van der Waals surface area contributed by atoms with Crippen molar-refractivity contribution in [1.82, 2.24) is 15.5 Å². The molecule has 1 saturated heterocycles. The lowest BCUT2D eigenvalue weighted by molar-refractivity contribution is 0.0162. The summed E-state index contributed by atoms with van der Waals surface area (Å²) in [5, 5.41) is 6.75.